The molecule has 1 saturated heterocycles. The summed E-state index contributed by atoms with van der Waals surface area (Å²) in [6.45, 7) is 0.604. The molecule has 1 rings (SSSR count). The van der Waals surface area contributed by atoms with Gasteiger partial charge in [-0.25, -0.2) is 4.79 Å². The van der Waals surface area contributed by atoms with Gasteiger partial charge in [0.1, 0.15) is 11.9 Å². The van der Waals surface area contributed by atoms with Gasteiger partial charge in [0, 0.05) is 13.6 Å². The molecule has 0 radical (unpaired) electrons. The molecular weight excluding hydrogens is 222 g/mol. The molecule has 1 atom stereocenters. The number of imide groups is 1. The zero-order valence-corrected chi connectivity index (χ0v) is 9.00. The second-order valence-electron chi connectivity index (χ2n) is 3.26. The van der Waals surface area contributed by atoms with E-state index in [9.17, 15) is 14.4 Å². The number of hydrogen-bond acceptors (Lipinski definition) is 3. The third-order valence-corrected chi connectivity index (χ3v) is 2.35. The van der Waals surface area contributed by atoms with Gasteiger partial charge in [-0.05, 0) is 6.42 Å². The minimum Gasteiger partial charge on any atom is -0.344 e. The van der Waals surface area contributed by atoms with Crippen molar-refractivity contribution in [3.63, 3.8) is 0 Å². The van der Waals surface area contributed by atoms with Crippen LogP contribution in [0.25, 0.3) is 0 Å². The normalized spacial score (nSPS) is 20.3. The number of carbonyl (C=O) groups excluding carboxylic acids is 3. The molecule has 0 saturated carbocycles. The smallest absolute Gasteiger partial charge is 0.322 e. The van der Waals surface area contributed by atoms with Crippen molar-refractivity contribution in [2.45, 2.75) is 12.5 Å². The van der Waals surface area contributed by atoms with E-state index < -0.39 is 18.0 Å². The molecule has 6 nitrogen and oxygen atoms in total. The summed E-state index contributed by atoms with van der Waals surface area (Å²) in [5, 5.41) is 4.40. The monoisotopic (exact) mass is 233 g/mol. The molecule has 1 aliphatic heterocycles. The summed E-state index contributed by atoms with van der Waals surface area (Å²) in [5.41, 5.74) is 0. The lowest BCUT2D eigenvalue weighted by Gasteiger charge is -2.11. The highest BCUT2D eigenvalue weighted by Gasteiger charge is 2.30. The fourth-order valence-electron chi connectivity index (χ4n) is 1.31. The van der Waals surface area contributed by atoms with Gasteiger partial charge in [-0.1, -0.05) is 0 Å². The highest BCUT2D eigenvalue weighted by atomic mass is 35.5. The third kappa shape index (κ3) is 3.09. The van der Waals surface area contributed by atoms with Crippen molar-refractivity contribution in [2.75, 3.05) is 19.5 Å². The Hall–Kier alpha value is -1.30. The molecule has 0 aromatic rings. The van der Waals surface area contributed by atoms with Crippen molar-refractivity contribution in [2.24, 2.45) is 0 Å². The summed E-state index contributed by atoms with van der Waals surface area (Å²) >= 11 is 5.20. The largest absolute Gasteiger partial charge is 0.344 e. The molecule has 15 heavy (non-hydrogen) atoms. The van der Waals surface area contributed by atoms with Crippen LogP contribution in [0, 0.1) is 0 Å². The molecule has 0 aliphatic carbocycles. The van der Waals surface area contributed by atoms with Crippen LogP contribution in [-0.4, -0.2) is 48.3 Å². The SMILES string of the molecule is CN1CCC(NC(=O)NC(=O)CCl)C1=O. The number of nitrogens with one attached hydrogen (secondary N) is 2. The van der Waals surface area contributed by atoms with Crippen molar-refractivity contribution in [3.8, 4) is 0 Å². The van der Waals surface area contributed by atoms with E-state index in [-0.39, 0.29) is 11.8 Å². The van der Waals surface area contributed by atoms with E-state index in [2.05, 4.69) is 5.32 Å². The molecular formula is C8H12ClN3O3. The lowest BCUT2D eigenvalue weighted by Crippen LogP contribution is -2.47. The van der Waals surface area contributed by atoms with Gasteiger partial charge >= 0.3 is 6.03 Å². The Morgan fingerprint density at radius 1 is 1.60 bits per heavy atom. The number of carbonyl (C=O) groups is 3. The molecule has 2 N–H and O–H groups in total. The van der Waals surface area contributed by atoms with Crippen LogP contribution >= 0.6 is 11.6 Å². The average molecular weight is 234 g/mol. The first kappa shape index (κ1) is 11.8. The number of urea groups is 1. The maximum absolute atomic E-state index is 11.4. The van der Waals surface area contributed by atoms with Gasteiger partial charge in [0.2, 0.25) is 11.8 Å². The summed E-state index contributed by atoms with van der Waals surface area (Å²) in [4.78, 5) is 34.8. The number of likely N-dealkylation sites (tertiary alicyclic amines) is 1. The quantitative estimate of drug-likeness (QED) is 0.618. The van der Waals surface area contributed by atoms with Crippen LogP contribution in [0.3, 0.4) is 0 Å². The second kappa shape index (κ2) is 4.97. The lowest BCUT2D eigenvalue weighted by molar-refractivity contribution is -0.128. The predicted octanol–water partition coefficient (Wildman–Crippen LogP) is -0.718. The molecule has 0 aromatic carbocycles. The highest BCUT2D eigenvalue weighted by molar-refractivity contribution is 6.28. The Balaban J connectivity index is 2.39. The molecule has 1 fully saturated rings. The van der Waals surface area contributed by atoms with E-state index in [0.29, 0.717) is 13.0 Å². The standard InChI is InChI=1S/C8H12ClN3O3/c1-12-3-2-5(7(12)14)10-8(15)11-6(13)4-9/h5H,2-4H2,1H3,(H2,10,11,13,15). The molecule has 0 bridgehead atoms. The Bertz CT molecular complexity index is 295. The van der Waals surface area contributed by atoms with E-state index in [0.717, 1.165) is 0 Å². The van der Waals surface area contributed by atoms with Gasteiger partial charge in [0.15, 0.2) is 0 Å². The number of amides is 4. The van der Waals surface area contributed by atoms with E-state index >= 15 is 0 Å². The summed E-state index contributed by atoms with van der Waals surface area (Å²) in [7, 11) is 1.66. The molecule has 4 amide bonds. The average Bonchev–Trinajstić information content (AvgIpc) is 2.49. The lowest BCUT2D eigenvalue weighted by atomic mass is 10.2. The maximum atomic E-state index is 11.4. The first-order chi connectivity index (χ1) is 7.04. The van der Waals surface area contributed by atoms with Gasteiger partial charge in [0.05, 0.1) is 0 Å². The van der Waals surface area contributed by atoms with Crippen LogP contribution < -0.4 is 10.6 Å². The fraction of sp³-hybridized carbons (Fsp3) is 0.625. The summed E-state index contributed by atoms with van der Waals surface area (Å²) in [5.74, 6) is -1.03. The zero-order chi connectivity index (χ0) is 11.4. The summed E-state index contributed by atoms with van der Waals surface area (Å²) in [6.07, 6.45) is 0.553. The first-order valence-electron chi connectivity index (χ1n) is 4.46. The fourth-order valence-corrected chi connectivity index (χ4v) is 1.38. The van der Waals surface area contributed by atoms with Crippen LogP contribution in [0.1, 0.15) is 6.42 Å². The van der Waals surface area contributed by atoms with E-state index in [1.165, 1.54) is 4.90 Å². The van der Waals surface area contributed by atoms with Gasteiger partial charge in [-0.3, -0.25) is 14.9 Å². The molecule has 1 unspecified atom stereocenters. The first-order valence-corrected chi connectivity index (χ1v) is 4.99. The number of nitrogens with zero attached hydrogens (tertiary/aromatic N) is 1. The van der Waals surface area contributed by atoms with Gasteiger partial charge in [0.25, 0.3) is 0 Å². The maximum Gasteiger partial charge on any atom is 0.322 e. The van der Waals surface area contributed by atoms with Gasteiger partial charge in [-0.2, -0.15) is 0 Å². The Labute approximate surface area is 91.9 Å². The number of likely N-dealkylation sites (N-methyl/N-ethyl adjacent to an activating group) is 1. The van der Waals surface area contributed by atoms with Crippen molar-refractivity contribution in [1.29, 1.82) is 0 Å². The molecule has 1 aliphatic rings. The Morgan fingerprint density at radius 3 is 2.73 bits per heavy atom. The van der Waals surface area contributed by atoms with E-state index in [1.54, 1.807) is 7.05 Å². The van der Waals surface area contributed by atoms with Crippen LogP contribution in [0.2, 0.25) is 0 Å². The summed E-state index contributed by atoms with van der Waals surface area (Å²) in [6, 6.07) is -1.23. The van der Waals surface area contributed by atoms with Crippen molar-refractivity contribution >= 4 is 29.4 Å². The van der Waals surface area contributed by atoms with E-state index in [4.69, 9.17) is 11.6 Å². The highest BCUT2D eigenvalue weighted by Crippen LogP contribution is 2.07. The zero-order valence-electron chi connectivity index (χ0n) is 8.25. The Kier molecular flexibility index (Phi) is 3.90. The number of alkyl halides is 1. The molecule has 0 spiro atoms. The number of halogens is 1. The molecule has 0 aromatic heterocycles. The van der Waals surface area contributed by atoms with E-state index in [1.807, 2.05) is 5.32 Å². The van der Waals surface area contributed by atoms with Crippen LogP contribution in [0.15, 0.2) is 0 Å². The van der Waals surface area contributed by atoms with Crippen LogP contribution in [0.4, 0.5) is 4.79 Å². The van der Waals surface area contributed by atoms with Crippen LogP contribution in [0.5, 0.6) is 0 Å². The predicted molar refractivity (Wildman–Crippen MR) is 53.4 cm³/mol. The number of hydrogen-bond donors (Lipinski definition) is 2. The minimum atomic E-state index is -0.686. The minimum absolute atomic E-state index is 0.150. The third-order valence-electron chi connectivity index (χ3n) is 2.11. The Morgan fingerprint density at radius 2 is 2.27 bits per heavy atom. The summed E-state index contributed by atoms with van der Waals surface area (Å²) < 4.78 is 0. The van der Waals surface area contributed by atoms with Gasteiger partial charge < -0.3 is 10.2 Å². The van der Waals surface area contributed by atoms with Gasteiger partial charge in [-0.15, -0.1) is 11.6 Å². The topological polar surface area (TPSA) is 78.5 Å². The van der Waals surface area contributed by atoms with Crippen LogP contribution in [-0.2, 0) is 9.59 Å². The van der Waals surface area contributed by atoms with Crippen molar-refractivity contribution in [1.82, 2.24) is 15.5 Å². The number of rotatable bonds is 2. The molecule has 84 valence electrons. The molecule has 1 heterocycles. The molecule has 7 heteroatoms. The second-order valence-corrected chi connectivity index (χ2v) is 3.52. The van der Waals surface area contributed by atoms with Crippen molar-refractivity contribution in [3.05, 3.63) is 0 Å². The van der Waals surface area contributed by atoms with Crippen molar-refractivity contribution < 1.29 is 14.4 Å².